The minimum Gasteiger partial charge on any atom is -0.493 e. The van der Waals surface area contributed by atoms with Crippen LogP contribution in [-0.4, -0.2) is 18.3 Å². The summed E-state index contributed by atoms with van der Waals surface area (Å²) in [6.45, 7) is 2.23. The maximum atomic E-state index is 9.36. The topological polar surface area (TPSA) is 38.7 Å². The van der Waals surface area contributed by atoms with Crippen LogP contribution in [0.25, 0.3) is 0 Å². The summed E-state index contributed by atoms with van der Waals surface area (Å²) in [5.74, 6) is 1.40. The lowest BCUT2D eigenvalue weighted by atomic mass is 10.1. The van der Waals surface area contributed by atoms with Gasteiger partial charge in [-0.05, 0) is 55.2 Å². The molecule has 2 aromatic carbocycles. The molecule has 0 fully saturated rings. The van der Waals surface area contributed by atoms with Crippen LogP contribution in [-0.2, 0) is 13.0 Å². The molecular weight excluding hydrogens is 300 g/mol. The number of aliphatic hydroxyl groups is 1. The van der Waals surface area contributed by atoms with Crippen LogP contribution in [0.4, 0.5) is 0 Å². The second-order valence-corrected chi connectivity index (χ2v) is 5.73. The summed E-state index contributed by atoms with van der Waals surface area (Å²) >= 11 is 5.97. The highest BCUT2D eigenvalue weighted by Gasteiger charge is 2.07. The Labute approximate surface area is 136 Å². The molecule has 0 bridgehead atoms. The van der Waals surface area contributed by atoms with Gasteiger partial charge in [-0.1, -0.05) is 29.8 Å². The molecule has 0 aliphatic rings. The first-order chi connectivity index (χ1) is 10.6. The van der Waals surface area contributed by atoms with E-state index in [2.05, 4.69) is 0 Å². The van der Waals surface area contributed by atoms with Gasteiger partial charge in [0.2, 0.25) is 0 Å². The maximum Gasteiger partial charge on any atom is 0.161 e. The molecule has 0 amide bonds. The van der Waals surface area contributed by atoms with E-state index in [1.165, 1.54) is 0 Å². The molecule has 2 rings (SSSR count). The van der Waals surface area contributed by atoms with E-state index in [9.17, 15) is 5.11 Å². The second kappa shape index (κ2) is 8.06. The number of ether oxygens (including phenoxy) is 2. The predicted octanol–water partition coefficient (Wildman–Crippen LogP) is 4.24. The molecule has 3 nitrogen and oxygen atoms in total. The fraction of sp³-hybridized carbons (Fsp3) is 0.333. The van der Waals surface area contributed by atoms with E-state index in [1.54, 1.807) is 14.0 Å². The molecule has 1 atom stereocenters. The lowest BCUT2D eigenvalue weighted by Crippen LogP contribution is -2.02. The molecule has 1 N–H and O–H groups in total. The van der Waals surface area contributed by atoms with Crippen LogP contribution < -0.4 is 9.47 Å². The number of aliphatic hydroxyl groups excluding tert-OH is 1. The zero-order valence-corrected chi connectivity index (χ0v) is 13.6. The summed E-state index contributed by atoms with van der Waals surface area (Å²) in [7, 11) is 1.63. The van der Waals surface area contributed by atoms with Gasteiger partial charge in [-0.15, -0.1) is 0 Å². The quantitative estimate of drug-likeness (QED) is 0.829. The van der Waals surface area contributed by atoms with E-state index in [-0.39, 0.29) is 6.10 Å². The first kappa shape index (κ1) is 16.7. The van der Waals surface area contributed by atoms with Crippen LogP contribution >= 0.6 is 11.6 Å². The van der Waals surface area contributed by atoms with Crippen molar-refractivity contribution in [1.29, 1.82) is 0 Å². The van der Waals surface area contributed by atoms with Gasteiger partial charge in [0.15, 0.2) is 11.5 Å². The Bertz CT molecular complexity index is 611. The summed E-state index contributed by atoms with van der Waals surface area (Å²) in [6, 6.07) is 13.4. The van der Waals surface area contributed by atoms with Crippen molar-refractivity contribution in [1.82, 2.24) is 0 Å². The third kappa shape index (κ3) is 4.93. The van der Waals surface area contributed by atoms with Crippen LogP contribution in [0.1, 0.15) is 24.5 Å². The van der Waals surface area contributed by atoms with E-state index in [1.807, 2.05) is 42.5 Å². The number of benzene rings is 2. The zero-order chi connectivity index (χ0) is 15.9. The van der Waals surface area contributed by atoms with Gasteiger partial charge >= 0.3 is 0 Å². The molecule has 0 spiro atoms. The van der Waals surface area contributed by atoms with Crippen LogP contribution in [0.15, 0.2) is 42.5 Å². The molecule has 0 heterocycles. The van der Waals surface area contributed by atoms with Crippen molar-refractivity contribution in [3.8, 4) is 11.5 Å². The van der Waals surface area contributed by atoms with Crippen molar-refractivity contribution < 1.29 is 14.6 Å². The first-order valence-electron chi connectivity index (χ1n) is 7.30. The van der Waals surface area contributed by atoms with Gasteiger partial charge in [-0.3, -0.25) is 0 Å². The fourth-order valence-corrected chi connectivity index (χ4v) is 2.36. The van der Waals surface area contributed by atoms with E-state index in [0.717, 1.165) is 24.0 Å². The molecule has 2 aromatic rings. The Hall–Kier alpha value is -1.71. The minimum absolute atomic E-state index is 0.301. The van der Waals surface area contributed by atoms with Gasteiger partial charge in [0, 0.05) is 5.02 Å². The number of hydrogen-bond acceptors (Lipinski definition) is 3. The van der Waals surface area contributed by atoms with Crippen LogP contribution in [0, 0.1) is 0 Å². The van der Waals surface area contributed by atoms with Gasteiger partial charge in [-0.25, -0.2) is 0 Å². The highest BCUT2D eigenvalue weighted by molar-refractivity contribution is 6.30. The van der Waals surface area contributed by atoms with Gasteiger partial charge < -0.3 is 14.6 Å². The molecule has 0 aliphatic heterocycles. The Morgan fingerprint density at radius 2 is 1.91 bits per heavy atom. The molecule has 0 aromatic heterocycles. The average Bonchev–Trinajstić information content (AvgIpc) is 2.51. The zero-order valence-electron chi connectivity index (χ0n) is 12.9. The van der Waals surface area contributed by atoms with Crippen molar-refractivity contribution in [3.63, 3.8) is 0 Å². The third-order valence-electron chi connectivity index (χ3n) is 3.36. The van der Waals surface area contributed by atoms with E-state index >= 15 is 0 Å². The Balaban J connectivity index is 2.04. The van der Waals surface area contributed by atoms with Crippen molar-refractivity contribution in [2.45, 2.75) is 32.5 Å². The average molecular weight is 321 g/mol. The molecule has 0 aliphatic carbocycles. The van der Waals surface area contributed by atoms with Crippen LogP contribution in [0.5, 0.6) is 11.5 Å². The highest BCUT2D eigenvalue weighted by Crippen LogP contribution is 2.29. The maximum absolute atomic E-state index is 9.36. The van der Waals surface area contributed by atoms with Crippen molar-refractivity contribution in [3.05, 3.63) is 58.6 Å². The normalized spacial score (nSPS) is 12.0. The molecule has 22 heavy (non-hydrogen) atoms. The van der Waals surface area contributed by atoms with Crippen molar-refractivity contribution in [2.75, 3.05) is 7.11 Å². The summed E-state index contributed by atoms with van der Waals surface area (Å²) in [5.41, 5.74) is 2.13. The molecule has 1 unspecified atom stereocenters. The number of aryl methyl sites for hydroxylation is 1. The monoisotopic (exact) mass is 320 g/mol. The summed E-state index contributed by atoms with van der Waals surface area (Å²) < 4.78 is 11.2. The van der Waals surface area contributed by atoms with E-state index in [4.69, 9.17) is 21.1 Å². The largest absolute Gasteiger partial charge is 0.493 e. The molecule has 4 heteroatoms. The molecule has 0 radical (unpaired) electrons. The number of methoxy groups -OCH3 is 1. The van der Waals surface area contributed by atoms with E-state index in [0.29, 0.717) is 23.1 Å². The van der Waals surface area contributed by atoms with Crippen LogP contribution in [0.2, 0.25) is 5.02 Å². The number of rotatable bonds is 7. The van der Waals surface area contributed by atoms with Crippen molar-refractivity contribution >= 4 is 11.6 Å². The standard InChI is InChI=1S/C18H21ClO3/c1-13(20)6-7-14-8-9-17(18(11-14)21-2)22-12-15-4-3-5-16(19)10-15/h3-5,8-11,13,20H,6-7,12H2,1-2H3. The van der Waals surface area contributed by atoms with Crippen molar-refractivity contribution in [2.24, 2.45) is 0 Å². The Kier molecular flexibility index (Phi) is 6.10. The predicted molar refractivity (Wildman–Crippen MR) is 88.8 cm³/mol. The fourth-order valence-electron chi connectivity index (χ4n) is 2.15. The lowest BCUT2D eigenvalue weighted by molar-refractivity contribution is 0.185. The molecular formula is C18H21ClO3. The summed E-state index contributed by atoms with van der Waals surface area (Å²) in [5, 5.41) is 10.1. The van der Waals surface area contributed by atoms with E-state index < -0.39 is 0 Å². The third-order valence-corrected chi connectivity index (χ3v) is 3.60. The smallest absolute Gasteiger partial charge is 0.161 e. The van der Waals surface area contributed by atoms with Crippen LogP contribution in [0.3, 0.4) is 0 Å². The van der Waals surface area contributed by atoms with Gasteiger partial charge in [0.1, 0.15) is 6.61 Å². The summed E-state index contributed by atoms with van der Waals surface area (Å²) in [6.07, 6.45) is 1.24. The second-order valence-electron chi connectivity index (χ2n) is 5.29. The number of halogens is 1. The summed E-state index contributed by atoms with van der Waals surface area (Å²) in [4.78, 5) is 0. The molecule has 0 saturated heterocycles. The highest BCUT2D eigenvalue weighted by atomic mass is 35.5. The Morgan fingerprint density at radius 3 is 2.59 bits per heavy atom. The lowest BCUT2D eigenvalue weighted by Gasteiger charge is -2.13. The van der Waals surface area contributed by atoms with Gasteiger partial charge in [0.05, 0.1) is 13.2 Å². The van der Waals surface area contributed by atoms with Gasteiger partial charge in [0.25, 0.3) is 0 Å². The minimum atomic E-state index is -0.301. The van der Waals surface area contributed by atoms with Gasteiger partial charge in [-0.2, -0.15) is 0 Å². The molecule has 0 saturated carbocycles. The Morgan fingerprint density at radius 1 is 1.09 bits per heavy atom. The SMILES string of the molecule is COc1cc(CCC(C)O)ccc1OCc1cccc(Cl)c1. The number of hydrogen-bond donors (Lipinski definition) is 1. The molecule has 118 valence electrons. The first-order valence-corrected chi connectivity index (χ1v) is 7.68.